The molecule has 2 N–H and O–H groups in total. The van der Waals surface area contributed by atoms with Gasteiger partial charge in [0.15, 0.2) is 6.10 Å². The number of esters is 3. The molecule has 10 nitrogen and oxygen atoms in total. The van der Waals surface area contributed by atoms with Crippen LogP contribution in [0.5, 0.6) is 0 Å². The maximum absolute atomic E-state index is 12.0. The molecule has 0 radical (unpaired) electrons. The topological polar surface area (TPSA) is 138 Å². The molecule has 13 heteroatoms. The number of hydrogen-bond acceptors (Lipinski definition) is 13. The van der Waals surface area contributed by atoms with Crippen LogP contribution >= 0.6 is 34.4 Å². The van der Waals surface area contributed by atoms with Crippen molar-refractivity contribution in [3.8, 4) is 20.9 Å². The minimum atomic E-state index is -0.738. The maximum atomic E-state index is 12.0. The quantitative estimate of drug-likeness (QED) is 0.0796. The molecule has 382 valence electrons. The van der Waals surface area contributed by atoms with Crippen LogP contribution in [0.4, 0.5) is 0 Å². The van der Waals surface area contributed by atoms with E-state index >= 15 is 0 Å². The Hall–Kier alpha value is -5.12. The second-order valence-corrected chi connectivity index (χ2v) is 22.5. The van der Waals surface area contributed by atoms with E-state index in [2.05, 4.69) is 101 Å². The van der Waals surface area contributed by atoms with Crippen molar-refractivity contribution in [1.82, 2.24) is 0 Å². The van der Waals surface area contributed by atoms with Gasteiger partial charge in [0.25, 0.3) is 0 Å². The Morgan fingerprint density at radius 2 is 0.944 bits per heavy atom. The van der Waals surface area contributed by atoms with E-state index in [-0.39, 0.29) is 60.7 Å². The first-order valence-electron chi connectivity index (χ1n) is 24.6. The second kappa shape index (κ2) is 24.7. The number of thiophene rings is 2. The fraction of sp³-hybridized carbons (Fsp3) is 0.407. The number of thioether (sulfide) groups is 1. The van der Waals surface area contributed by atoms with E-state index in [1.54, 1.807) is 34.4 Å². The Bertz CT molecular complexity index is 2780. The number of aliphatic hydroxyl groups excluding tert-OH is 2. The molecule has 4 heterocycles. The van der Waals surface area contributed by atoms with Gasteiger partial charge in [-0.25, -0.2) is 0 Å². The molecule has 0 saturated carbocycles. The van der Waals surface area contributed by atoms with E-state index in [9.17, 15) is 24.6 Å². The molecule has 2 aromatic heterocycles. The van der Waals surface area contributed by atoms with Crippen molar-refractivity contribution in [2.45, 2.75) is 136 Å². The lowest BCUT2D eigenvalue weighted by Gasteiger charge is -2.44. The summed E-state index contributed by atoms with van der Waals surface area (Å²) in [7, 11) is 0. The highest BCUT2D eigenvalue weighted by molar-refractivity contribution is 7.99. The average Bonchev–Trinajstić information content (AvgIpc) is 4.04. The Labute approximate surface area is 437 Å². The molecule has 10 atom stereocenters. The Morgan fingerprint density at radius 3 is 1.38 bits per heavy atom. The van der Waals surface area contributed by atoms with Gasteiger partial charge in [0, 0.05) is 65.0 Å². The number of carbonyl (C=O) groups excluding carboxylic acids is 3. The van der Waals surface area contributed by atoms with Gasteiger partial charge in [0.1, 0.15) is 18.3 Å². The van der Waals surface area contributed by atoms with Crippen LogP contribution < -0.4 is 0 Å². The number of aliphatic hydroxyl groups is 2. The van der Waals surface area contributed by atoms with Crippen LogP contribution in [-0.4, -0.2) is 70.1 Å². The van der Waals surface area contributed by atoms with Gasteiger partial charge in [0.2, 0.25) is 0 Å². The molecule has 6 aromatic rings. The Balaban J connectivity index is 0.000000212. The number of benzene rings is 4. The molecule has 0 spiro atoms. The number of carbonyl (C=O) groups is 3. The van der Waals surface area contributed by atoms with E-state index in [1.165, 1.54) is 57.0 Å². The highest BCUT2D eigenvalue weighted by atomic mass is 32.2. The summed E-state index contributed by atoms with van der Waals surface area (Å²) in [5, 5.41) is 18.6. The number of rotatable bonds is 14. The highest BCUT2D eigenvalue weighted by Gasteiger charge is 2.47. The van der Waals surface area contributed by atoms with Crippen molar-refractivity contribution < 1.29 is 48.3 Å². The zero-order valence-corrected chi connectivity index (χ0v) is 45.3. The van der Waals surface area contributed by atoms with Crippen molar-refractivity contribution in [3.05, 3.63) is 163 Å². The fourth-order valence-electron chi connectivity index (χ4n) is 9.49. The van der Waals surface area contributed by atoms with Gasteiger partial charge in [-0.1, -0.05) is 98.8 Å². The van der Waals surface area contributed by atoms with Crippen LogP contribution in [-0.2, 0) is 64.1 Å². The Morgan fingerprint density at radius 1 is 0.542 bits per heavy atom. The van der Waals surface area contributed by atoms with Crippen LogP contribution in [0.3, 0.4) is 0 Å². The second-order valence-electron chi connectivity index (χ2n) is 19.1. The van der Waals surface area contributed by atoms with Crippen molar-refractivity contribution in [1.29, 1.82) is 0 Å². The summed E-state index contributed by atoms with van der Waals surface area (Å²) in [4.78, 5) is 40.6. The lowest BCUT2D eigenvalue weighted by atomic mass is 9.85. The van der Waals surface area contributed by atoms with Crippen LogP contribution in [0.15, 0.2) is 109 Å². The molecular formula is C59H68O10S3. The largest absolute Gasteiger partial charge is 0.461 e. The van der Waals surface area contributed by atoms with Crippen molar-refractivity contribution >= 4 is 52.3 Å². The predicted octanol–water partition coefficient (Wildman–Crippen LogP) is 12.3. The van der Waals surface area contributed by atoms with Gasteiger partial charge >= 0.3 is 17.9 Å². The average molecular weight is 1030 g/mol. The highest BCUT2D eigenvalue weighted by Crippen LogP contribution is 2.44. The summed E-state index contributed by atoms with van der Waals surface area (Å²) >= 11 is 5.25. The van der Waals surface area contributed by atoms with Crippen LogP contribution in [0.1, 0.15) is 115 Å². The Kier molecular flexibility index (Phi) is 18.8. The lowest BCUT2D eigenvalue weighted by Crippen LogP contribution is -2.52. The van der Waals surface area contributed by atoms with E-state index in [1.807, 2.05) is 56.3 Å². The number of hydrogen-bond donors (Lipinski definition) is 2. The number of aryl methyl sites for hydroxylation is 2. The lowest BCUT2D eigenvalue weighted by molar-refractivity contribution is -0.222. The monoisotopic (exact) mass is 1030 g/mol. The number of ether oxygens (including phenoxy) is 5. The summed E-state index contributed by atoms with van der Waals surface area (Å²) < 4.78 is 30.0. The smallest absolute Gasteiger partial charge is 0.303 e. The third-order valence-corrected chi connectivity index (χ3v) is 17.3. The standard InChI is InChI=1S/C30H34O6S.C29H34O4S2/c1-17-6-9-24(29-30(36-21(5)33)28(35-20(4)32)18(2)19(3)34-29)14-25(17)15-26-12-13-27(37-26)23-10-7-22(16-31)8-11-23;1-17-6-9-23(28-29(34-5)27(33-20(4)31)18(2)19(3)32-28)14-24(17)15-25-12-13-26(35-25)22-10-7-21(16-30)8-11-22/h6-14,18-19,28-31H,15-16H2,1-5H3;6-14,18-19,27-30H,15-16H2,1-5H3/t18-,19-,28+,29?,30-;18-,19-,27+,28?,29-/m11/s1. The van der Waals surface area contributed by atoms with Gasteiger partial charge in [-0.3, -0.25) is 14.4 Å². The summed E-state index contributed by atoms with van der Waals surface area (Å²) in [6.45, 7) is 16.6. The normalized spacial score (nSPS) is 23.9. The van der Waals surface area contributed by atoms with Gasteiger partial charge in [-0.05, 0) is 114 Å². The first kappa shape index (κ1) is 54.6. The molecule has 0 aliphatic carbocycles. The molecule has 2 aliphatic rings. The molecule has 2 aliphatic heterocycles. The summed E-state index contributed by atoms with van der Waals surface area (Å²) in [5.74, 6) is -1.09. The molecule has 0 amide bonds. The summed E-state index contributed by atoms with van der Waals surface area (Å²) in [6.07, 6.45) is 1.27. The molecule has 2 fully saturated rings. The van der Waals surface area contributed by atoms with E-state index < -0.39 is 30.3 Å². The molecule has 72 heavy (non-hydrogen) atoms. The van der Waals surface area contributed by atoms with Gasteiger partial charge in [-0.15, -0.1) is 22.7 Å². The first-order valence-corrected chi connectivity index (χ1v) is 27.5. The van der Waals surface area contributed by atoms with E-state index in [4.69, 9.17) is 23.7 Å². The summed E-state index contributed by atoms with van der Waals surface area (Å²) in [6, 6.07) is 37.4. The van der Waals surface area contributed by atoms with E-state index in [0.29, 0.717) is 0 Å². The van der Waals surface area contributed by atoms with Gasteiger partial charge < -0.3 is 33.9 Å². The molecule has 4 aromatic carbocycles. The van der Waals surface area contributed by atoms with Crippen LogP contribution in [0.2, 0.25) is 0 Å². The van der Waals surface area contributed by atoms with Gasteiger partial charge in [0.05, 0.1) is 36.8 Å². The molecular weight excluding hydrogens is 965 g/mol. The zero-order chi connectivity index (χ0) is 51.8. The van der Waals surface area contributed by atoms with Gasteiger partial charge in [-0.2, -0.15) is 11.8 Å². The molecule has 2 unspecified atom stereocenters. The van der Waals surface area contributed by atoms with Crippen molar-refractivity contribution in [2.75, 3.05) is 6.26 Å². The van der Waals surface area contributed by atoms with Crippen LogP contribution in [0, 0.1) is 25.7 Å². The minimum absolute atomic E-state index is 0.00502. The molecule has 0 bridgehead atoms. The van der Waals surface area contributed by atoms with Crippen molar-refractivity contribution in [3.63, 3.8) is 0 Å². The SMILES string of the molecule is CC(=O)O[C@H]1[C@H](C)[C@@H](C)OC(c2ccc(C)c(Cc3ccc(-c4ccc(CO)cc4)s3)c2)[C@@H]1OC(C)=O.CS[C@H]1C(c2ccc(C)c(Cc3ccc(-c4ccc(CO)cc4)s3)c2)O[C@H](C)[C@@H](C)[C@@H]1OC(C)=O. The maximum Gasteiger partial charge on any atom is 0.303 e. The van der Waals surface area contributed by atoms with Crippen LogP contribution in [0.25, 0.3) is 20.9 Å². The zero-order valence-electron chi connectivity index (χ0n) is 42.9. The fourth-order valence-corrected chi connectivity index (χ4v) is 12.6. The molecule has 8 rings (SSSR count). The third kappa shape index (κ3) is 13.3. The van der Waals surface area contributed by atoms with E-state index in [0.717, 1.165) is 51.8 Å². The summed E-state index contributed by atoms with van der Waals surface area (Å²) in [5.41, 5.74) is 11.0. The first-order chi connectivity index (χ1) is 34.5. The predicted molar refractivity (Wildman–Crippen MR) is 288 cm³/mol. The third-order valence-electron chi connectivity index (χ3n) is 14.0. The van der Waals surface area contributed by atoms with Crippen molar-refractivity contribution in [2.24, 2.45) is 11.8 Å². The molecule has 2 saturated heterocycles. The minimum Gasteiger partial charge on any atom is -0.461 e.